The molecule has 102 valence electrons. The molecule has 2 amide bonds. The molecular weight excluding hydrogens is 247 g/mol. The number of carbonyl (C=O) groups is 1. The maximum absolute atomic E-state index is 13.0. The average molecular weight is 264 g/mol. The van der Waals surface area contributed by atoms with Crippen molar-refractivity contribution in [2.75, 3.05) is 31.9 Å². The SMILES string of the molecule is Nc1cc(F)ccc1CN1CCN2C(=O)NCC2C1. The summed E-state index contributed by atoms with van der Waals surface area (Å²) in [5.41, 5.74) is 7.25. The first-order valence-electron chi connectivity index (χ1n) is 6.44. The molecule has 2 fully saturated rings. The number of piperazine rings is 1. The van der Waals surface area contributed by atoms with E-state index in [1.54, 1.807) is 6.07 Å². The summed E-state index contributed by atoms with van der Waals surface area (Å²) in [6.45, 7) is 3.78. The zero-order valence-corrected chi connectivity index (χ0v) is 10.6. The number of anilines is 1. The molecule has 1 aromatic rings. The molecule has 19 heavy (non-hydrogen) atoms. The van der Waals surface area contributed by atoms with E-state index in [1.807, 2.05) is 4.90 Å². The molecule has 0 bridgehead atoms. The fourth-order valence-corrected chi connectivity index (χ4v) is 2.76. The molecule has 0 aromatic heterocycles. The first-order valence-corrected chi connectivity index (χ1v) is 6.44. The van der Waals surface area contributed by atoms with E-state index < -0.39 is 0 Å². The second-order valence-electron chi connectivity index (χ2n) is 5.11. The van der Waals surface area contributed by atoms with Gasteiger partial charge in [-0.05, 0) is 17.7 Å². The van der Waals surface area contributed by atoms with Crippen molar-refractivity contribution >= 4 is 11.7 Å². The minimum absolute atomic E-state index is 0.0333. The minimum Gasteiger partial charge on any atom is -0.398 e. The molecule has 1 unspecified atom stereocenters. The number of nitrogen functional groups attached to an aromatic ring is 1. The largest absolute Gasteiger partial charge is 0.398 e. The number of hydrogen-bond acceptors (Lipinski definition) is 3. The third-order valence-corrected chi connectivity index (χ3v) is 3.82. The highest BCUT2D eigenvalue weighted by Gasteiger charge is 2.35. The van der Waals surface area contributed by atoms with Gasteiger partial charge in [-0.15, -0.1) is 0 Å². The smallest absolute Gasteiger partial charge is 0.317 e. The summed E-state index contributed by atoms with van der Waals surface area (Å²) in [6, 6.07) is 4.79. The first-order chi connectivity index (χ1) is 9.13. The molecule has 1 aromatic carbocycles. The summed E-state index contributed by atoms with van der Waals surface area (Å²) in [6.07, 6.45) is 0. The Balaban J connectivity index is 1.66. The first kappa shape index (κ1) is 12.2. The highest BCUT2D eigenvalue weighted by molar-refractivity contribution is 5.77. The topological polar surface area (TPSA) is 61.6 Å². The number of nitrogens with two attached hydrogens (primary N) is 1. The van der Waals surface area contributed by atoms with Crippen molar-refractivity contribution in [3.63, 3.8) is 0 Å². The molecule has 2 aliphatic rings. The van der Waals surface area contributed by atoms with Crippen LogP contribution in [-0.4, -0.2) is 48.1 Å². The van der Waals surface area contributed by atoms with Crippen LogP contribution in [0.1, 0.15) is 5.56 Å². The number of carbonyl (C=O) groups excluding carboxylic acids is 1. The van der Waals surface area contributed by atoms with E-state index in [0.29, 0.717) is 18.8 Å². The van der Waals surface area contributed by atoms with Crippen molar-refractivity contribution in [3.05, 3.63) is 29.6 Å². The average Bonchev–Trinajstić information content (AvgIpc) is 2.74. The van der Waals surface area contributed by atoms with Crippen molar-refractivity contribution in [1.29, 1.82) is 0 Å². The molecule has 5 nitrogen and oxygen atoms in total. The second-order valence-corrected chi connectivity index (χ2v) is 5.11. The molecule has 2 saturated heterocycles. The van der Waals surface area contributed by atoms with E-state index in [9.17, 15) is 9.18 Å². The Bertz CT molecular complexity index is 507. The molecule has 3 rings (SSSR count). The molecule has 3 N–H and O–H groups in total. The third kappa shape index (κ3) is 2.35. The van der Waals surface area contributed by atoms with Crippen LogP contribution in [-0.2, 0) is 6.54 Å². The van der Waals surface area contributed by atoms with Crippen LogP contribution in [0.2, 0.25) is 0 Å². The van der Waals surface area contributed by atoms with Crippen LogP contribution in [0.3, 0.4) is 0 Å². The van der Waals surface area contributed by atoms with E-state index in [0.717, 1.165) is 25.2 Å². The molecule has 1 atom stereocenters. The number of nitrogens with zero attached hydrogens (tertiary/aromatic N) is 2. The van der Waals surface area contributed by atoms with Gasteiger partial charge < -0.3 is 16.0 Å². The Morgan fingerprint density at radius 3 is 3.05 bits per heavy atom. The number of rotatable bonds is 2. The second kappa shape index (κ2) is 4.70. The normalized spacial score (nSPS) is 23.3. The monoisotopic (exact) mass is 264 g/mol. The number of urea groups is 1. The van der Waals surface area contributed by atoms with Crippen LogP contribution < -0.4 is 11.1 Å². The van der Waals surface area contributed by atoms with E-state index >= 15 is 0 Å². The Kier molecular flexibility index (Phi) is 3.02. The Morgan fingerprint density at radius 1 is 1.42 bits per heavy atom. The van der Waals surface area contributed by atoms with Crippen LogP contribution in [0.25, 0.3) is 0 Å². The fraction of sp³-hybridized carbons (Fsp3) is 0.462. The van der Waals surface area contributed by atoms with Gasteiger partial charge in [-0.1, -0.05) is 6.07 Å². The van der Waals surface area contributed by atoms with Crippen molar-refractivity contribution < 1.29 is 9.18 Å². The van der Waals surface area contributed by atoms with E-state index in [2.05, 4.69) is 10.2 Å². The molecule has 0 spiro atoms. The van der Waals surface area contributed by atoms with Gasteiger partial charge in [0.2, 0.25) is 0 Å². The van der Waals surface area contributed by atoms with Crippen molar-refractivity contribution in [1.82, 2.24) is 15.1 Å². The molecule has 0 radical (unpaired) electrons. The van der Waals surface area contributed by atoms with Gasteiger partial charge in [0.05, 0.1) is 6.04 Å². The maximum Gasteiger partial charge on any atom is 0.317 e. The van der Waals surface area contributed by atoms with Gasteiger partial charge in [-0.25, -0.2) is 9.18 Å². The standard InChI is InChI=1S/C13H17FN4O/c14-10-2-1-9(12(15)5-10)7-17-3-4-18-11(8-17)6-16-13(18)19/h1-2,5,11H,3-4,6-8,15H2,(H,16,19). The molecule has 2 heterocycles. The lowest BCUT2D eigenvalue weighted by atomic mass is 10.1. The highest BCUT2D eigenvalue weighted by Crippen LogP contribution is 2.19. The minimum atomic E-state index is -0.309. The van der Waals surface area contributed by atoms with Gasteiger partial charge in [0.1, 0.15) is 5.82 Å². The third-order valence-electron chi connectivity index (χ3n) is 3.82. The highest BCUT2D eigenvalue weighted by atomic mass is 19.1. The Hall–Kier alpha value is -1.82. The maximum atomic E-state index is 13.0. The van der Waals surface area contributed by atoms with Gasteiger partial charge in [0.15, 0.2) is 0 Å². The van der Waals surface area contributed by atoms with Crippen LogP contribution in [0, 0.1) is 5.82 Å². The van der Waals surface area contributed by atoms with Crippen LogP contribution >= 0.6 is 0 Å². The molecular formula is C13H17FN4O. The van der Waals surface area contributed by atoms with E-state index in [-0.39, 0.29) is 17.9 Å². The quantitative estimate of drug-likeness (QED) is 0.770. The van der Waals surface area contributed by atoms with Crippen LogP contribution in [0.4, 0.5) is 14.9 Å². The lowest BCUT2D eigenvalue weighted by molar-refractivity contribution is 0.117. The number of halogens is 1. The van der Waals surface area contributed by atoms with Gasteiger partial charge >= 0.3 is 6.03 Å². The van der Waals surface area contributed by atoms with E-state index in [1.165, 1.54) is 12.1 Å². The summed E-state index contributed by atoms with van der Waals surface area (Å²) in [5, 5.41) is 2.85. The molecule has 6 heteroatoms. The van der Waals surface area contributed by atoms with E-state index in [4.69, 9.17) is 5.73 Å². The van der Waals surface area contributed by atoms with Crippen molar-refractivity contribution in [2.24, 2.45) is 0 Å². The fourth-order valence-electron chi connectivity index (χ4n) is 2.76. The number of nitrogens with one attached hydrogen (secondary N) is 1. The number of fused-ring (bicyclic) bond motifs is 1. The molecule has 2 aliphatic heterocycles. The van der Waals surface area contributed by atoms with Gasteiger partial charge in [0.25, 0.3) is 0 Å². The predicted molar refractivity (Wildman–Crippen MR) is 70.0 cm³/mol. The summed E-state index contributed by atoms with van der Waals surface area (Å²) in [7, 11) is 0. The molecule has 0 saturated carbocycles. The van der Waals surface area contributed by atoms with Gasteiger partial charge in [-0.2, -0.15) is 0 Å². The Morgan fingerprint density at radius 2 is 2.26 bits per heavy atom. The molecule has 0 aliphatic carbocycles. The zero-order chi connectivity index (χ0) is 13.4. The van der Waals surface area contributed by atoms with Crippen molar-refractivity contribution in [2.45, 2.75) is 12.6 Å². The summed E-state index contributed by atoms with van der Waals surface area (Å²) in [5.74, 6) is -0.309. The number of amides is 2. The summed E-state index contributed by atoms with van der Waals surface area (Å²) < 4.78 is 13.0. The van der Waals surface area contributed by atoms with Crippen molar-refractivity contribution in [3.8, 4) is 0 Å². The summed E-state index contributed by atoms with van der Waals surface area (Å²) >= 11 is 0. The lowest BCUT2D eigenvalue weighted by Crippen LogP contribution is -2.51. The number of hydrogen-bond donors (Lipinski definition) is 2. The van der Waals surface area contributed by atoms with Gasteiger partial charge in [-0.3, -0.25) is 4.90 Å². The van der Waals surface area contributed by atoms with Crippen LogP contribution in [0.5, 0.6) is 0 Å². The number of benzene rings is 1. The van der Waals surface area contributed by atoms with Crippen LogP contribution in [0.15, 0.2) is 18.2 Å². The van der Waals surface area contributed by atoms with Gasteiger partial charge in [0, 0.05) is 38.4 Å². The summed E-state index contributed by atoms with van der Waals surface area (Å²) in [4.78, 5) is 15.6. The Labute approximate surface area is 111 Å². The lowest BCUT2D eigenvalue weighted by Gasteiger charge is -2.36. The zero-order valence-electron chi connectivity index (χ0n) is 10.6. The predicted octanol–water partition coefficient (Wildman–Crippen LogP) is 0.617.